The second kappa shape index (κ2) is 3.93. The smallest absolute Gasteiger partial charge is 0.302 e. The molecule has 0 radical (unpaired) electrons. The Morgan fingerprint density at radius 3 is 2.89 bits per heavy atom. The molecule has 50 valence electrons. The Morgan fingerprint density at radius 1 is 2.00 bits per heavy atom. The Kier molecular flexibility index (Phi) is 3.49. The Balaban J connectivity index is 3.30. The molecule has 9 heavy (non-hydrogen) atoms. The van der Waals surface area contributed by atoms with Crippen molar-refractivity contribution in [3.8, 4) is 12.3 Å². The van der Waals surface area contributed by atoms with Gasteiger partial charge in [0.05, 0.1) is 0 Å². The number of terminal acetylenes is 1. The van der Waals surface area contributed by atoms with Gasteiger partial charge in [-0.15, -0.1) is 6.42 Å². The van der Waals surface area contributed by atoms with Crippen molar-refractivity contribution in [3.05, 3.63) is 0 Å². The molecule has 3 nitrogen and oxygen atoms in total. The van der Waals surface area contributed by atoms with Crippen LogP contribution in [0.25, 0.3) is 0 Å². The zero-order chi connectivity index (χ0) is 7.28. The van der Waals surface area contributed by atoms with Crippen molar-refractivity contribution in [1.82, 2.24) is 0 Å². The number of hydrogen-bond donors (Lipinski definition) is 1. The van der Waals surface area contributed by atoms with Crippen LogP contribution in [-0.4, -0.2) is 23.8 Å². The molecule has 0 saturated heterocycles. The molecule has 0 aromatic rings. The minimum absolute atomic E-state index is 0.119. The Bertz CT molecular complexity index is 134. The van der Waals surface area contributed by atoms with Gasteiger partial charge in [-0.3, -0.25) is 4.79 Å². The Morgan fingerprint density at radius 2 is 2.56 bits per heavy atom. The average molecular weight is 128 g/mol. The van der Waals surface area contributed by atoms with Gasteiger partial charge in [0, 0.05) is 6.92 Å². The minimum Gasteiger partial charge on any atom is -0.462 e. The van der Waals surface area contributed by atoms with Crippen molar-refractivity contribution in [2.45, 2.75) is 13.0 Å². The molecule has 3 heteroatoms. The minimum atomic E-state index is -0.978. The van der Waals surface area contributed by atoms with Crippen LogP contribution in [0.4, 0.5) is 0 Å². The highest BCUT2D eigenvalue weighted by atomic mass is 16.5. The summed E-state index contributed by atoms with van der Waals surface area (Å²) in [6, 6.07) is 0. The number of carbonyl (C=O) groups excluding carboxylic acids is 1. The van der Waals surface area contributed by atoms with Gasteiger partial charge in [0.15, 0.2) is 0 Å². The summed E-state index contributed by atoms with van der Waals surface area (Å²) in [6.45, 7) is 1.13. The number of rotatable bonds is 2. The number of ether oxygens (including phenoxy) is 1. The zero-order valence-corrected chi connectivity index (χ0v) is 5.13. The van der Waals surface area contributed by atoms with E-state index in [-0.39, 0.29) is 6.61 Å². The van der Waals surface area contributed by atoms with Gasteiger partial charge in [0.1, 0.15) is 12.7 Å². The first-order valence-electron chi connectivity index (χ1n) is 2.44. The van der Waals surface area contributed by atoms with E-state index < -0.39 is 12.1 Å². The number of aliphatic hydroxyl groups is 1. The molecule has 1 atom stereocenters. The molecular weight excluding hydrogens is 120 g/mol. The quantitative estimate of drug-likeness (QED) is 0.404. The van der Waals surface area contributed by atoms with E-state index >= 15 is 0 Å². The number of aliphatic hydroxyl groups excluding tert-OH is 1. The molecule has 0 heterocycles. The molecule has 0 aliphatic carbocycles. The van der Waals surface area contributed by atoms with Gasteiger partial charge in [-0.2, -0.15) is 0 Å². The second-order valence-electron chi connectivity index (χ2n) is 1.49. The molecule has 0 amide bonds. The maximum atomic E-state index is 10.1. The molecule has 1 N–H and O–H groups in total. The van der Waals surface area contributed by atoms with Crippen molar-refractivity contribution in [1.29, 1.82) is 0 Å². The topological polar surface area (TPSA) is 46.5 Å². The monoisotopic (exact) mass is 128 g/mol. The van der Waals surface area contributed by atoms with Crippen molar-refractivity contribution >= 4 is 5.97 Å². The summed E-state index contributed by atoms with van der Waals surface area (Å²) in [4.78, 5) is 10.1. The number of hydrogen-bond acceptors (Lipinski definition) is 3. The summed E-state index contributed by atoms with van der Waals surface area (Å²) in [7, 11) is 0. The molecule has 0 bridgehead atoms. The SMILES string of the molecule is C#CC(O)COC(C)=O. The molecule has 0 aromatic carbocycles. The largest absolute Gasteiger partial charge is 0.462 e. The second-order valence-corrected chi connectivity index (χ2v) is 1.49. The molecule has 0 rings (SSSR count). The molecule has 0 aliphatic heterocycles. The lowest BCUT2D eigenvalue weighted by Gasteiger charge is -2.01. The first-order valence-corrected chi connectivity index (χ1v) is 2.44. The van der Waals surface area contributed by atoms with Gasteiger partial charge in [-0.05, 0) is 0 Å². The van der Waals surface area contributed by atoms with E-state index in [0.29, 0.717) is 0 Å². The van der Waals surface area contributed by atoms with Crippen molar-refractivity contribution < 1.29 is 14.6 Å². The van der Waals surface area contributed by atoms with Crippen LogP contribution < -0.4 is 0 Å². The van der Waals surface area contributed by atoms with Gasteiger partial charge >= 0.3 is 5.97 Å². The van der Waals surface area contributed by atoms with E-state index in [1.54, 1.807) is 0 Å². The van der Waals surface area contributed by atoms with Crippen molar-refractivity contribution in [3.63, 3.8) is 0 Å². The highest BCUT2D eigenvalue weighted by molar-refractivity contribution is 5.65. The fourth-order valence-corrected chi connectivity index (χ4v) is 0.244. The van der Waals surface area contributed by atoms with E-state index in [2.05, 4.69) is 4.74 Å². The van der Waals surface area contributed by atoms with Crippen LogP contribution in [0.2, 0.25) is 0 Å². The van der Waals surface area contributed by atoms with Gasteiger partial charge in [0.25, 0.3) is 0 Å². The normalized spacial score (nSPS) is 11.7. The highest BCUT2D eigenvalue weighted by Gasteiger charge is 1.99. The number of carbonyl (C=O) groups is 1. The van der Waals surface area contributed by atoms with Crippen LogP contribution in [0.3, 0.4) is 0 Å². The first-order chi connectivity index (χ1) is 4.16. The molecule has 0 spiro atoms. The maximum absolute atomic E-state index is 10.1. The van der Waals surface area contributed by atoms with Gasteiger partial charge in [-0.1, -0.05) is 5.92 Å². The van der Waals surface area contributed by atoms with Crippen LogP contribution in [0.15, 0.2) is 0 Å². The van der Waals surface area contributed by atoms with Crippen LogP contribution in [-0.2, 0) is 9.53 Å². The van der Waals surface area contributed by atoms with E-state index in [4.69, 9.17) is 11.5 Å². The van der Waals surface area contributed by atoms with Gasteiger partial charge < -0.3 is 9.84 Å². The summed E-state index contributed by atoms with van der Waals surface area (Å²) in [5, 5.41) is 8.59. The third-order valence-corrected chi connectivity index (χ3v) is 0.637. The molecule has 0 aromatic heterocycles. The zero-order valence-electron chi connectivity index (χ0n) is 5.13. The molecule has 1 unspecified atom stereocenters. The first kappa shape index (κ1) is 7.99. The fraction of sp³-hybridized carbons (Fsp3) is 0.500. The lowest BCUT2D eigenvalue weighted by Crippen LogP contribution is -2.14. The lowest BCUT2D eigenvalue weighted by atomic mass is 10.4. The summed E-state index contributed by atoms with van der Waals surface area (Å²) in [6.07, 6.45) is 3.79. The predicted molar refractivity (Wildman–Crippen MR) is 31.5 cm³/mol. The molecule has 0 fully saturated rings. The molecular formula is C6H8O3. The average Bonchev–Trinajstić information content (AvgIpc) is 1.83. The summed E-state index contributed by atoms with van der Waals surface area (Å²) in [5.41, 5.74) is 0. The van der Waals surface area contributed by atoms with Crippen molar-refractivity contribution in [2.75, 3.05) is 6.61 Å². The molecule has 0 aliphatic rings. The van der Waals surface area contributed by atoms with Crippen molar-refractivity contribution in [2.24, 2.45) is 0 Å². The Labute approximate surface area is 53.6 Å². The van der Waals surface area contributed by atoms with Crippen LogP contribution in [0.5, 0.6) is 0 Å². The van der Waals surface area contributed by atoms with Gasteiger partial charge in [0.2, 0.25) is 0 Å². The van der Waals surface area contributed by atoms with Gasteiger partial charge in [-0.25, -0.2) is 0 Å². The van der Waals surface area contributed by atoms with Crippen LogP contribution in [0, 0.1) is 12.3 Å². The van der Waals surface area contributed by atoms with E-state index in [1.807, 2.05) is 5.92 Å². The maximum Gasteiger partial charge on any atom is 0.302 e. The molecule has 0 saturated carbocycles. The third kappa shape index (κ3) is 4.85. The number of esters is 1. The lowest BCUT2D eigenvalue weighted by molar-refractivity contribution is -0.142. The summed E-state index contributed by atoms with van der Waals surface area (Å²) < 4.78 is 4.36. The summed E-state index contributed by atoms with van der Waals surface area (Å²) in [5.74, 6) is 1.56. The van der Waals surface area contributed by atoms with E-state index in [0.717, 1.165) is 0 Å². The van der Waals surface area contributed by atoms with E-state index in [9.17, 15) is 4.79 Å². The fourth-order valence-electron chi connectivity index (χ4n) is 0.244. The summed E-state index contributed by atoms with van der Waals surface area (Å²) >= 11 is 0. The predicted octanol–water partition coefficient (Wildman–Crippen LogP) is -0.456. The standard InChI is InChI=1S/C6H8O3/c1-3-6(8)4-9-5(2)7/h1,6,8H,4H2,2H3. The third-order valence-electron chi connectivity index (χ3n) is 0.637. The van der Waals surface area contributed by atoms with Crippen LogP contribution in [0.1, 0.15) is 6.92 Å². The highest BCUT2D eigenvalue weighted by Crippen LogP contribution is 1.82. The van der Waals surface area contributed by atoms with E-state index in [1.165, 1.54) is 6.92 Å². The Hall–Kier alpha value is -1.01. The van der Waals surface area contributed by atoms with Crippen LogP contribution >= 0.6 is 0 Å².